The quantitative estimate of drug-likeness (QED) is 0.0719. The summed E-state index contributed by atoms with van der Waals surface area (Å²) in [4.78, 5) is 67.1. The van der Waals surface area contributed by atoms with Gasteiger partial charge in [0.05, 0.1) is 11.1 Å². The van der Waals surface area contributed by atoms with Gasteiger partial charge in [0.2, 0.25) is 0 Å². The van der Waals surface area contributed by atoms with Gasteiger partial charge >= 0.3 is 0 Å². The Bertz CT molecular complexity index is 2160. The van der Waals surface area contributed by atoms with Gasteiger partial charge in [-0.15, -0.1) is 68.0 Å². The number of imide groups is 2. The van der Waals surface area contributed by atoms with Gasteiger partial charge in [-0.3, -0.25) is 29.0 Å². The molecule has 2 aliphatic heterocycles. The van der Waals surface area contributed by atoms with Crippen LogP contribution in [0.5, 0.6) is 0 Å². The van der Waals surface area contributed by atoms with E-state index in [9.17, 15) is 19.2 Å². The summed E-state index contributed by atoms with van der Waals surface area (Å²) in [6.45, 7) is 5.30. The number of amides is 4. The summed E-state index contributed by atoms with van der Waals surface area (Å²) in [5, 5.41) is 0. The second-order valence-electron chi connectivity index (χ2n) is 13.4. The Morgan fingerprint density at radius 2 is 0.796 bits per heavy atom. The van der Waals surface area contributed by atoms with Crippen molar-refractivity contribution in [2.24, 2.45) is 0 Å². The average molecular weight is 827 g/mol. The summed E-state index contributed by atoms with van der Waals surface area (Å²) in [6, 6.07) is 20.8. The molecular weight excluding hydrogens is 789 g/mol. The van der Waals surface area contributed by atoms with Crippen LogP contribution in [0.1, 0.15) is 115 Å². The van der Waals surface area contributed by atoms with E-state index < -0.39 is 0 Å². The highest BCUT2D eigenvalue weighted by Gasteiger charge is 2.39. The van der Waals surface area contributed by atoms with Crippen LogP contribution >= 0.6 is 68.0 Å². The molecule has 0 bridgehead atoms. The van der Waals surface area contributed by atoms with E-state index in [4.69, 9.17) is 0 Å². The predicted molar refractivity (Wildman–Crippen MR) is 230 cm³/mol. The Morgan fingerprint density at radius 3 is 1.19 bits per heavy atom. The molecule has 8 rings (SSSR count). The molecule has 0 saturated carbocycles. The van der Waals surface area contributed by atoms with Gasteiger partial charge in [-0.2, -0.15) is 0 Å². The molecule has 6 aromatic rings. The molecule has 8 heterocycles. The molecule has 6 aromatic heterocycles. The lowest BCUT2D eigenvalue weighted by molar-refractivity contribution is 0.0637. The van der Waals surface area contributed by atoms with Crippen molar-refractivity contribution in [2.45, 2.75) is 65.2 Å². The molecule has 0 atom stereocenters. The number of unbranched alkanes of at least 4 members (excludes halogenated alkanes) is 6. The number of fused-ring (bicyclic) bond motifs is 2. The molecule has 12 heteroatoms. The molecular formula is C42H38N2O4S6. The summed E-state index contributed by atoms with van der Waals surface area (Å²) in [5.41, 5.74) is 1.09. The van der Waals surface area contributed by atoms with Gasteiger partial charge in [-0.1, -0.05) is 52.4 Å². The highest BCUT2D eigenvalue weighted by atomic mass is 32.1. The van der Waals surface area contributed by atoms with Crippen LogP contribution in [-0.4, -0.2) is 46.5 Å². The van der Waals surface area contributed by atoms with Gasteiger partial charge < -0.3 is 0 Å². The van der Waals surface area contributed by atoms with Crippen LogP contribution in [0.4, 0.5) is 0 Å². The lowest BCUT2D eigenvalue weighted by Crippen LogP contribution is -2.30. The second-order valence-corrected chi connectivity index (χ2v) is 19.9. The van der Waals surface area contributed by atoms with E-state index in [0.29, 0.717) is 34.0 Å². The van der Waals surface area contributed by atoms with Crippen molar-refractivity contribution >= 4 is 104 Å². The van der Waals surface area contributed by atoms with E-state index in [2.05, 4.69) is 74.5 Å². The number of hydrogen-bond donors (Lipinski definition) is 0. The molecule has 0 aliphatic carbocycles. The monoisotopic (exact) mass is 826 g/mol. The summed E-state index contributed by atoms with van der Waals surface area (Å²) in [5.74, 6) is -0.606. The largest absolute Gasteiger partial charge is 0.274 e. The molecule has 0 unspecified atom stereocenters. The van der Waals surface area contributed by atoms with Crippen molar-refractivity contribution in [1.29, 1.82) is 0 Å². The van der Waals surface area contributed by atoms with Crippen LogP contribution in [0.3, 0.4) is 0 Å². The van der Waals surface area contributed by atoms with E-state index in [1.807, 2.05) is 12.1 Å². The first kappa shape index (κ1) is 37.2. The average Bonchev–Trinajstić information content (AvgIpc) is 4.03. The van der Waals surface area contributed by atoms with Crippen LogP contribution in [0.15, 0.2) is 60.7 Å². The summed E-state index contributed by atoms with van der Waals surface area (Å²) in [7, 11) is 0. The standard InChI is InChI=1S/C42H38N2O4S6/c1-3-5-7-9-21-43-39(45)27-23-35(53-37(27)41(43)47)33-19-17-31(51-33)29-15-13-25(49-29)11-12-26-14-16-30(50-26)32-18-20-34(52-32)36-24-28-38(54-36)42(48)44(40(28)46)22-10-8-6-4-2/h11-20,23-24H,3-10,21-22H2,1-2H3/b12-11+. The van der Waals surface area contributed by atoms with Crippen LogP contribution in [0, 0.1) is 0 Å². The second kappa shape index (κ2) is 16.1. The zero-order chi connectivity index (χ0) is 37.3. The molecule has 0 radical (unpaired) electrons. The maximum Gasteiger partial charge on any atom is 0.271 e. The van der Waals surface area contributed by atoms with Gasteiger partial charge in [0.15, 0.2) is 0 Å². The van der Waals surface area contributed by atoms with Crippen LogP contribution in [0.25, 0.3) is 51.2 Å². The number of nitrogens with zero attached hydrogens (tertiary/aromatic N) is 2. The number of rotatable bonds is 16. The van der Waals surface area contributed by atoms with Crippen molar-refractivity contribution in [3.63, 3.8) is 0 Å². The SMILES string of the molecule is CCCCCCN1C(=O)c2cc(-c3ccc(-c4ccc(/C=C/c5ccc(-c6ccc(-c7cc8c(s7)C(=O)N(CCCCCC)C8=O)s6)s5)s4)s3)sc2C1=O. The topological polar surface area (TPSA) is 74.8 Å². The summed E-state index contributed by atoms with van der Waals surface area (Å²) >= 11 is 9.71. The molecule has 0 spiro atoms. The van der Waals surface area contributed by atoms with Crippen molar-refractivity contribution in [3.05, 3.63) is 91.3 Å². The van der Waals surface area contributed by atoms with Gasteiger partial charge in [-0.25, -0.2) is 0 Å². The molecule has 0 aromatic carbocycles. The highest BCUT2D eigenvalue weighted by Crippen LogP contribution is 2.45. The maximum atomic E-state index is 13.0. The molecule has 0 fully saturated rings. The Balaban J connectivity index is 0.888. The van der Waals surface area contributed by atoms with Gasteiger partial charge in [-0.05, 0) is 85.7 Å². The number of thiophene rings is 6. The van der Waals surface area contributed by atoms with E-state index in [1.54, 1.807) is 45.3 Å². The number of hydrogen-bond acceptors (Lipinski definition) is 10. The minimum atomic E-state index is -0.156. The molecule has 0 N–H and O–H groups in total. The smallest absolute Gasteiger partial charge is 0.271 e. The van der Waals surface area contributed by atoms with E-state index >= 15 is 0 Å². The maximum absolute atomic E-state index is 13.0. The lowest BCUT2D eigenvalue weighted by Gasteiger charge is -2.13. The molecule has 54 heavy (non-hydrogen) atoms. The fourth-order valence-corrected chi connectivity index (χ4v) is 13.1. The lowest BCUT2D eigenvalue weighted by atomic mass is 10.2. The first-order valence-corrected chi connectivity index (χ1v) is 23.3. The van der Waals surface area contributed by atoms with Crippen LogP contribution < -0.4 is 0 Å². The van der Waals surface area contributed by atoms with E-state index in [-0.39, 0.29) is 23.6 Å². The van der Waals surface area contributed by atoms with E-state index in [1.165, 1.54) is 42.2 Å². The van der Waals surface area contributed by atoms with E-state index in [0.717, 1.165) is 90.4 Å². The fraction of sp³-hybridized carbons (Fsp3) is 0.286. The first-order valence-electron chi connectivity index (χ1n) is 18.4. The highest BCUT2D eigenvalue weighted by molar-refractivity contribution is 7.28. The zero-order valence-electron chi connectivity index (χ0n) is 30.0. The Morgan fingerprint density at radius 1 is 0.426 bits per heavy atom. The number of carbonyl (C=O) groups is 4. The summed E-state index contributed by atoms with van der Waals surface area (Å²) in [6.07, 6.45) is 12.6. The van der Waals surface area contributed by atoms with Crippen molar-refractivity contribution in [1.82, 2.24) is 9.80 Å². The zero-order valence-corrected chi connectivity index (χ0v) is 34.9. The van der Waals surface area contributed by atoms with Gasteiger partial charge in [0.25, 0.3) is 23.6 Å². The van der Waals surface area contributed by atoms with Crippen molar-refractivity contribution < 1.29 is 19.2 Å². The summed E-state index contributed by atoms with van der Waals surface area (Å²) < 4.78 is 0. The van der Waals surface area contributed by atoms with Crippen LogP contribution in [-0.2, 0) is 0 Å². The fourth-order valence-electron chi connectivity index (χ4n) is 6.70. The third kappa shape index (κ3) is 7.32. The van der Waals surface area contributed by atoms with Crippen molar-refractivity contribution in [3.8, 4) is 39.0 Å². The van der Waals surface area contributed by atoms with Crippen molar-refractivity contribution in [2.75, 3.05) is 13.1 Å². The molecule has 0 saturated heterocycles. The molecule has 4 amide bonds. The normalized spacial score (nSPS) is 14.1. The number of carbonyl (C=O) groups excluding carboxylic acids is 4. The molecule has 276 valence electrons. The minimum absolute atomic E-state index is 0.148. The molecule has 6 nitrogen and oxygen atoms in total. The first-order chi connectivity index (χ1) is 26.3. The Kier molecular flexibility index (Phi) is 11.1. The van der Waals surface area contributed by atoms with Gasteiger partial charge in [0.1, 0.15) is 9.75 Å². The minimum Gasteiger partial charge on any atom is -0.274 e. The van der Waals surface area contributed by atoms with Gasteiger partial charge in [0, 0.05) is 61.9 Å². The Hall–Kier alpha value is -3.78. The third-order valence-corrected chi connectivity index (χ3v) is 16.9. The predicted octanol–water partition coefficient (Wildman–Crippen LogP) is 13.2. The molecule has 2 aliphatic rings. The third-order valence-electron chi connectivity index (χ3n) is 9.61. The Labute approximate surface area is 339 Å². The van der Waals surface area contributed by atoms with Crippen LogP contribution in [0.2, 0.25) is 0 Å².